The third-order valence-electron chi connectivity index (χ3n) is 5.63. The number of halogens is 2. The smallest absolute Gasteiger partial charge is 0.343 e. The van der Waals surface area contributed by atoms with Crippen molar-refractivity contribution in [3.8, 4) is 11.5 Å². The molecule has 0 aliphatic carbocycles. The molecule has 13 heteroatoms. The lowest BCUT2D eigenvalue weighted by Crippen LogP contribution is -2.18. The molecule has 11 nitrogen and oxygen atoms in total. The molecular formula is C29H20Br2N4O7. The minimum atomic E-state index is -0.751. The molecule has 212 valence electrons. The van der Waals surface area contributed by atoms with Crippen molar-refractivity contribution >= 4 is 67.2 Å². The summed E-state index contributed by atoms with van der Waals surface area (Å²) in [7, 11) is 1.51. The molecule has 42 heavy (non-hydrogen) atoms. The molecule has 4 rings (SSSR count). The summed E-state index contributed by atoms with van der Waals surface area (Å²) >= 11 is 6.72. The van der Waals surface area contributed by atoms with E-state index >= 15 is 0 Å². The van der Waals surface area contributed by atoms with Crippen LogP contribution in [0.2, 0.25) is 0 Å². The predicted octanol–water partition coefficient (Wildman–Crippen LogP) is 6.36. The summed E-state index contributed by atoms with van der Waals surface area (Å²) in [5, 5.41) is 17.6. The standard InChI is InChI=1S/C29H20Br2N4O7/c1-41-24-7-3-5-19(14-24)27(36)33-22-6-2-4-18(13-22)28(37)34-32-16-20-12-21(30)15-25(31)26(20)42-29(38)17-8-10-23(11-9-17)35(39)40/h2-16H,1H3,(H,33,36)(H,34,37). The number of nitrogens with zero attached hydrogens (tertiary/aromatic N) is 2. The van der Waals surface area contributed by atoms with Crippen molar-refractivity contribution in [2.45, 2.75) is 0 Å². The number of hydrogen-bond donors (Lipinski definition) is 2. The number of amides is 2. The Morgan fingerprint density at radius 2 is 1.57 bits per heavy atom. The molecule has 0 unspecified atom stereocenters. The number of carbonyl (C=O) groups excluding carboxylic acids is 3. The van der Waals surface area contributed by atoms with E-state index in [4.69, 9.17) is 9.47 Å². The summed E-state index contributed by atoms with van der Waals surface area (Å²) in [4.78, 5) is 48.4. The Morgan fingerprint density at radius 1 is 0.881 bits per heavy atom. The molecule has 0 saturated carbocycles. The van der Waals surface area contributed by atoms with Crippen LogP contribution in [0.1, 0.15) is 36.6 Å². The number of nitro groups is 1. The van der Waals surface area contributed by atoms with E-state index in [-0.39, 0.29) is 28.5 Å². The van der Waals surface area contributed by atoms with E-state index in [0.717, 1.165) is 0 Å². The Bertz CT molecular complexity index is 1710. The molecule has 0 heterocycles. The lowest BCUT2D eigenvalue weighted by Gasteiger charge is -2.11. The van der Waals surface area contributed by atoms with Gasteiger partial charge in [0, 0.05) is 39.0 Å². The van der Waals surface area contributed by atoms with Crippen molar-refractivity contribution in [1.29, 1.82) is 0 Å². The fraction of sp³-hybridized carbons (Fsp3) is 0.0345. The van der Waals surface area contributed by atoms with Gasteiger partial charge >= 0.3 is 5.97 Å². The van der Waals surface area contributed by atoms with Crippen molar-refractivity contribution in [2.75, 3.05) is 12.4 Å². The highest BCUT2D eigenvalue weighted by atomic mass is 79.9. The highest BCUT2D eigenvalue weighted by molar-refractivity contribution is 9.11. The molecular weight excluding hydrogens is 676 g/mol. The summed E-state index contributed by atoms with van der Waals surface area (Å²) in [6.45, 7) is 0. The van der Waals surface area contributed by atoms with Gasteiger partial charge in [-0.2, -0.15) is 5.10 Å². The Hall–Kier alpha value is -4.88. The highest BCUT2D eigenvalue weighted by Gasteiger charge is 2.17. The van der Waals surface area contributed by atoms with Gasteiger partial charge < -0.3 is 14.8 Å². The molecule has 0 atom stereocenters. The van der Waals surface area contributed by atoms with E-state index in [1.807, 2.05) is 0 Å². The fourth-order valence-electron chi connectivity index (χ4n) is 3.59. The number of ether oxygens (including phenoxy) is 2. The molecule has 0 fully saturated rings. The average molecular weight is 696 g/mol. The second-order valence-electron chi connectivity index (χ2n) is 8.47. The zero-order chi connectivity index (χ0) is 30.2. The number of nitro benzene ring substituents is 1. The number of hydrogen-bond acceptors (Lipinski definition) is 8. The third-order valence-corrected chi connectivity index (χ3v) is 6.68. The third kappa shape index (κ3) is 7.65. The van der Waals surface area contributed by atoms with Gasteiger partial charge in [0.15, 0.2) is 5.75 Å². The molecule has 4 aromatic carbocycles. The second kappa shape index (κ2) is 13.7. The van der Waals surface area contributed by atoms with E-state index < -0.39 is 16.8 Å². The van der Waals surface area contributed by atoms with Crippen molar-refractivity contribution in [3.63, 3.8) is 0 Å². The van der Waals surface area contributed by atoms with Crippen LogP contribution in [-0.2, 0) is 0 Å². The van der Waals surface area contributed by atoms with Gasteiger partial charge in [-0.05, 0) is 76.6 Å². The van der Waals surface area contributed by atoms with Gasteiger partial charge in [-0.25, -0.2) is 10.2 Å². The van der Waals surface area contributed by atoms with Gasteiger partial charge in [-0.3, -0.25) is 19.7 Å². The van der Waals surface area contributed by atoms with Gasteiger partial charge in [0.1, 0.15) is 5.75 Å². The predicted molar refractivity (Wildman–Crippen MR) is 162 cm³/mol. The number of benzene rings is 4. The maximum absolute atomic E-state index is 12.8. The number of hydrazone groups is 1. The van der Waals surface area contributed by atoms with Gasteiger partial charge in [0.05, 0.1) is 28.3 Å². The van der Waals surface area contributed by atoms with Crippen molar-refractivity contribution < 1.29 is 28.8 Å². The minimum Gasteiger partial charge on any atom is -0.497 e. The number of methoxy groups -OCH3 is 1. The first-order valence-corrected chi connectivity index (χ1v) is 13.6. The second-order valence-corrected chi connectivity index (χ2v) is 10.2. The van der Waals surface area contributed by atoms with Gasteiger partial charge in [0.2, 0.25) is 0 Å². The van der Waals surface area contributed by atoms with Crippen LogP contribution in [0.5, 0.6) is 11.5 Å². The van der Waals surface area contributed by atoms with Crippen LogP contribution in [0.4, 0.5) is 11.4 Å². The summed E-state index contributed by atoms with van der Waals surface area (Å²) in [6.07, 6.45) is 1.29. The molecule has 0 aliphatic rings. The monoisotopic (exact) mass is 694 g/mol. The first-order valence-electron chi connectivity index (χ1n) is 12.0. The molecule has 0 spiro atoms. The zero-order valence-electron chi connectivity index (χ0n) is 21.7. The first kappa shape index (κ1) is 30.1. The lowest BCUT2D eigenvalue weighted by atomic mass is 10.1. The minimum absolute atomic E-state index is 0.102. The Labute approximate surface area is 255 Å². The molecule has 0 radical (unpaired) electrons. The van der Waals surface area contributed by atoms with Crippen molar-refractivity contribution in [3.05, 3.63) is 126 Å². The molecule has 2 N–H and O–H groups in total. The highest BCUT2D eigenvalue weighted by Crippen LogP contribution is 2.33. The van der Waals surface area contributed by atoms with Crippen LogP contribution in [0.25, 0.3) is 0 Å². The first-order chi connectivity index (χ1) is 20.1. The quantitative estimate of drug-likeness (QED) is 0.0680. The summed E-state index contributed by atoms with van der Waals surface area (Å²) in [5.41, 5.74) is 3.71. The van der Waals surface area contributed by atoms with Crippen LogP contribution in [-0.4, -0.2) is 36.0 Å². The number of nitrogens with one attached hydrogen (secondary N) is 2. The number of non-ortho nitro benzene ring substituents is 1. The van der Waals surface area contributed by atoms with Gasteiger partial charge in [-0.15, -0.1) is 0 Å². The zero-order valence-corrected chi connectivity index (χ0v) is 24.8. The van der Waals surface area contributed by atoms with Crippen LogP contribution >= 0.6 is 31.9 Å². The topological polar surface area (TPSA) is 149 Å². The van der Waals surface area contributed by atoms with Crippen LogP contribution in [0, 0.1) is 10.1 Å². The Kier molecular flexibility index (Phi) is 9.78. The molecule has 0 bridgehead atoms. The van der Waals surface area contributed by atoms with Gasteiger partial charge in [0.25, 0.3) is 17.5 Å². The Morgan fingerprint density at radius 3 is 2.26 bits per heavy atom. The largest absolute Gasteiger partial charge is 0.497 e. The lowest BCUT2D eigenvalue weighted by molar-refractivity contribution is -0.384. The number of carbonyl (C=O) groups is 3. The van der Waals surface area contributed by atoms with Crippen LogP contribution in [0.3, 0.4) is 0 Å². The SMILES string of the molecule is COc1cccc(C(=O)Nc2cccc(C(=O)NN=Cc3cc(Br)cc(Br)c3OC(=O)c3ccc([N+](=O)[O-])cc3)c2)c1. The number of rotatable bonds is 9. The van der Waals surface area contributed by atoms with Crippen molar-refractivity contribution in [1.82, 2.24) is 5.43 Å². The molecule has 0 aromatic heterocycles. The van der Waals surface area contributed by atoms with E-state index in [1.165, 1.54) is 43.7 Å². The van der Waals surface area contributed by atoms with E-state index in [0.29, 0.717) is 31.5 Å². The number of esters is 1. The Balaban J connectivity index is 1.45. The summed E-state index contributed by atoms with van der Waals surface area (Å²) < 4.78 is 11.7. The van der Waals surface area contributed by atoms with E-state index in [1.54, 1.807) is 54.6 Å². The molecule has 4 aromatic rings. The van der Waals surface area contributed by atoms with Crippen molar-refractivity contribution in [2.24, 2.45) is 5.10 Å². The summed E-state index contributed by atoms with van der Waals surface area (Å²) in [5.74, 6) is -1.03. The van der Waals surface area contributed by atoms with E-state index in [2.05, 4.69) is 47.7 Å². The maximum Gasteiger partial charge on any atom is 0.343 e. The maximum atomic E-state index is 12.8. The van der Waals surface area contributed by atoms with Crippen LogP contribution < -0.4 is 20.2 Å². The molecule has 0 aliphatic heterocycles. The molecule has 2 amide bonds. The van der Waals surface area contributed by atoms with Gasteiger partial charge in [-0.1, -0.05) is 28.1 Å². The average Bonchev–Trinajstić information content (AvgIpc) is 2.98. The fourth-order valence-corrected chi connectivity index (χ4v) is 4.92. The number of anilines is 1. The normalized spacial score (nSPS) is 10.6. The van der Waals surface area contributed by atoms with Crippen LogP contribution in [0.15, 0.2) is 99.0 Å². The molecule has 0 saturated heterocycles. The van der Waals surface area contributed by atoms with E-state index in [9.17, 15) is 24.5 Å². The summed E-state index contributed by atoms with van der Waals surface area (Å²) in [6, 6.07) is 21.2.